The first-order chi connectivity index (χ1) is 10.1. The number of halogens is 2. The monoisotopic (exact) mass is 325 g/mol. The van der Waals surface area contributed by atoms with Crippen LogP contribution < -0.4 is 14.8 Å². The molecule has 0 saturated heterocycles. The highest BCUT2D eigenvalue weighted by Crippen LogP contribution is 2.38. The minimum atomic E-state index is 0.142. The van der Waals surface area contributed by atoms with Gasteiger partial charge in [-0.3, -0.25) is 0 Å². The predicted molar refractivity (Wildman–Crippen MR) is 82.9 cm³/mol. The molecular formula is C15H13Cl2NO3. The van der Waals surface area contributed by atoms with Gasteiger partial charge < -0.3 is 19.9 Å². The van der Waals surface area contributed by atoms with Crippen LogP contribution in [0, 0.1) is 0 Å². The summed E-state index contributed by atoms with van der Waals surface area (Å²) in [5, 5.41) is 14.0. The molecule has 0 aromatic heterocycles. The third kappa shape index (κ3) is 2.96. The molecule has 2 aromatic rings. The van der Waals surface area contributed by atoms with Crippen molar-refractivity contribution in [1.29, 1.82) is 0 Å². The van der Waals surface area contributed by atoms with E-state index in [1.54, 1.807) is 30.3 Å². The summed E-state index contributed by atoms with van der Waals surface area (Å²) in [5.41, 5.74) is 1.31. The van der Waals surface area contributed by atoms with Gasteiger partial charge in [0.2, 0.25) is 0 Å². The van der Waals surface area contributed by atoms with Crippen LogP contribution in [0.3, 0.4) is 0 Å². The third-order valence-corrected chi connectivity index (χ3v) is 3.85. The number of benzene rings is 2. The van der Waals surface area contributed by atoms with Crippen molar-refractivity contribution in [3.8, 4) is 17.2 Å². The fourth-order valence-electron chi connectivity index (χ4n) is 2.11. The van der Waals surface area contributed by atoms with Crippen molar-refractivity contribution in [3.63, 3.8) is 0 Å². The Balaban J connectivity index is 1.82. The van der Waals surface area contributed by atoms with Crippen LogP contribution in [0.25, 0.3) is 0 Å². The fraction of sp³-hybridized carbons (Fsp3) is 0.200. The maximum atomic E-state index is 9.83. The van der Waals surface area contributed by atoms with Gasteiger partial charge in [-0.15, -0.1) is 0 Å². The molecule has 2 aromatic carbocycles. The average molecular weight is 326 g/mol. The fourth-order valence-corrected chi connectivity index (χ4v) is 2.56. The van der Waals surface area contributed by atoms with Crippen molar-refractivity contribution >= 4 is 28.9 Å². The Labute approximate surface area is 132 Å². The van der Waals surface area contributed by atoms with E-state index in [1.165, 1.54) is 0 Å². The number of hydrogen-bond acceptors (Lipinski definition) is 4. The normalized spacial score (nSPS) is 13.0. The van der Waals surface area contributed by atoms with E-state index in [-0.39, 0.29) is 5.75 Å². The zero-order valence-corrected chi connectivity index (χ0v) is 12.5. The standard InChI is InChI=1S/C15H13Cl2NO3/c16-10-2-1-3-13(19)9(10)8-18-12-7-15-14(6-11(12)17)20-4-5-21-15/h1-3,6-7,18-19H,4-5,8H2. The summed E-state index contributed by atoms with van der Waals surface area (Å²) in [6, 6.07) is 8.51. The van der Waals surface area contributed by atoms with Crippen molar-refractivity contribution in [3.05, 3.63) is 45.9 Å². The van der Waals surface area contributed by atoms with E-state index in [4.69, 9.17) is 32.7 Å². The molecule has 0 amide bonds. The largest absolute Gasteiger partial charge is 0.508 e. The second-order valence-electron chi connectivity index (χ2n) is 4.57. The van der Waals surface area contributed by atoms with E-state index < -0.39 is 0 Å². The number of ether oxygens (including phenoxy) is 2. The van der Waals surface area contributed by atoms with Crippen LogP contribution in [0.1, 0.15) is 5.56 Å². The summed E-state index contributed by atoms with van der Waals surface area (Å²) in [6.07, 6.45) is 0. The molecule has 1 aliphatic rings. The zero-order valence-electron chi connectivity index (χ0n) is 11.0. The van der Waals surface area contributed by atoms with Gasteiger partial charge in [-0.25, -0.2) is 0 Å². The Morgan fingerprint density at radius 1 is 1.05 bits per heavy atom. The summed E-state index contributed by atoms with van der Waals surface area (Å²) in [4.78, 5) is 0. The molecule has 0 atom stereocenters. The predicted octanol–water partition coefficient (Wildman–Crippen LogP) is 4.08. The van der Waals surface area contributed by atoms with Crippen molar-refractivity contribution in [2.75, 3.05) is 18.5 Å². The molecule has 3 rings (SSSR count). The quantitative estimate of drug-likeness (QED) is 0.892. The molecule has 1 heterocycles. The van der Waals surface area contributed by atoms with Crippen molar-refractivity contribution in [2.24, 2.45) is 0 Å². The van der Waals surface area contributed by atoms with Crippen molar-refractivity contribution < 1.29 is 14.6 Å². The molecule has 4 nitrogen and oxygen atoms in total. The first-order valence-electron chi connectivity index (χ1n) is 6.44. The van der Waals surface area contributed by atoms with Gasteiger partial charge in [0, 0.05) is 29.3 Å². The molecule has 21 heavy (non-hydrogen) atoms. The maximum Gasteiger partial charge on any atom is 0.163 e. The van der Waals surface area contributed by atoms with Crippen LogP contribution in [0.4, 0.5) is 5.69 Å². The Bertz CT molecular complexity index is 656. The summed E-state index contributed by atoms with van der Waals surface area (Å²) < 4.78 is 11.0. The van der Waals surface area contributed by atoms with Gasteiger partial charge >= 0.3 is 0 Å². The van der Waals surface area contributed by atoms with E-state index in [0.717, 1.165) is 0 Å². The molecule has 1 aliphatic heterocycles. The smallest absolute Gasteiger partial charge is 0.163 e. The highest BCUT2D eigenvalue weighted by atomic mass is 35.5. The van der Waals surface area contributed by atoms with Crippen LogP contribution in [-0.2, 0) is 6.54 Å². The summed E-state index contributed by atoms with van der Waals surface area (Å²) in [7, 11) is 0. The number of hydrogen-bond donors (Lipinski definition) is 2. The van der Waals surface area contributed by atoms with Crippen LogP contribution in [0.5, 0.6) is 17.2 Å². The number of phenolic OH excluding ortho intramolecular Hbond substituents is 1. The van der Waals surface area contributed by atoms with E-state index in [0.29, 0.717) is 52.6 Å². The van der Waals surface area contributed by atoms with Crippen LogP contribution >= 0.6 is 23.2 Å². The SMILES string of the molecule is Oc1cccc(Cl)c1CNc1cc2c(cc1Cl)OCCO2. The number of anilines is 1. The van der Waals surface area contributed by atoms with E-state index in [9.17, 15) is 5.11 Å². The first kappa shape index (κ1) is 14.2. The Morgan fingerprint density at radius 2 is 1.76 bits per heavy atom. The Kier molecular flexibility index (Phi) is 3.99. The molecule has 0 saturated carbocycles. The van der Waals surface area contributed by atoms with Gasteiger partial charge in [0.05, 0.1) is 10.7 Å². The molecule has 0 bridgehead atoms. The highest BCUT2D eigenvalue weighted by Gasteiger charge is 2.15. The molecule has 6 heteroatoms. The molecule has 2 N–H and O–H groups in total. The van der Waals surface area contributed by atoms with Gasteiger partial charge in [0.15, 0.2) is 11.5 Å². The first-order valence-corrected chi connectivity index (χ1v) is 7.20. The number of rotatable bonds is 3. The Morgan fingerprint density at radius 3 is 2.48 bits per heavy atom. The molecule has 0 aliphatic carbocycles. The lowest BCUT2D eigenvalue weighted by atomic mass is 10.2. The van der Waals surface area contributed by atoms with E-state index in [1.807, 2.05) is 0 Å². The number of nitrogens with one attached hydrogen (secondary N) is 1. The second kappa shape index (κ2) is 5.92. The number of phenols is 1. The highest BCUT2D eigenvalue weighted by molar-refractivity contribution is 6.33. The zero-order chi connectivity index (χ0) is 14.8. The average Bonchev–Trinajstić information content (AvgIpc) is 2.47. The molecule has 110 valence electrons. The summed E-state index contributed by atoms with van der Waals surface area (Å²) >= 11 is 12.3. The third-order valence-electron chi connectivity index (χ3n) is 3.18. The molecule has 0 unspecified atom stereocenters. The number of aromatic hydroxyl groups is 1. The van der Waals surface area contributed by atoms with Gasteiger partial charge in [0.25, 0.3) is 0 Å². The summed E-state index contributed by atoms with van der Waals surface area (Å²) in [6.45, 7) is 1.38. The van der Waals surface area contributed by atoms with E-state index >= 15 is 0 Å². The minimum Gasteiger partial charge on any atom is -0.508 e. The molecule has 0 spiro atoms. The lowest BCUT2D eigenvalue weighted by Gasteiger charge is -2.20. The van der Waals surface area contributed by atoms with E-state index in [2.05, 4.69) is 5.32 Å². The van der Waals surface area contributed by atoms with Gasteiger partial charge in [-0.05, 0) is 12.1 Å². The van der Waals surface area contributed by atoms with Crippen molar-refractivity contribution in [1.82, 2.24) is 0 Å². The molecule has 0 radical (unpaired) electrons. The van der Waals surface area contributed by atoms with Crippen molar-refractivity contribution in [2.45, 2.75) is 6.54 Å². The summed E-state index contributed by atoms with van der Waals surface area (Å²) in [5.74, 6) is 1.43. The van der Waals surface area contributed by atoms with Crippen LogP contribution in [0.2, 0.25) is 10.0 Å². The second-order valence-corrected chi connectivity index (χ2v) is 5.38. The lowest BCUT2D eigenvalue weighted by molar-refractivity contribution is 0.171. The maximum absolute atomic E-state index is 9.83. The molecular weight excluding hydrogens is 313 g/mol. The topological polar surface area (TPSA) is 50.7 Å². The van der Waals surface area contributed by atoms with Gasteiger partial charge in [0.1, 0.15) is 19.0 Å². The van der Waals surface area contributed by atoms with Crippen LogP contribution in [0.15, 0.2) is 30.3 Å². The lowest BCUT2D eigenvalue weighted by Crippen LogP contribution is -2.15. The number of fused-ring (bicyclic) bond motifs is 1. The van der Waals surface area contributed by atoms with Gasteiger partial charge in [-0.2, -0.15) is 0 Å². The minimum absolute atomic E-state index is 0.142. The van der Waals surface area contributed by atoms with Gasteiger partial charge in [-0.1, -0.05) is 29.3 Å². The Hall–Kier alpha value is -1.78. The molecule has 0 fully saturated rings. The van der Waals surface area contributed by atoms with Crippen LogP contribution in [-0.4, -0.2) is 18.3 Å².